The van der Waals surface area contributed by atoms with Gasteiger partial charge in [-0.3, -0.25) is 9.71 Å². The number of sulfonamides is 1. The fourth-order valence-electron chi connectivity index (χ4n) is 4.27. The second-order valence-corrected chi connectivity index (χ2v) is 10.6. The highest BCUT2D eigenvalue weighted by atomic mass is 32.2. The van der Waals surface area contributed by atoms with E-state index in [1.807, 2.05) is 35.2 Å². The molecule has 9 nitrogen and oxygen atoms in total. The van der Waals surface area contributed by atoms with Crippen LogP contribution in [0.3, 0.4) is 0 Å². The minimum Gasteiger partial charge on any atom is -0.478 e. The van der Waals surface area contributed by atoms with Crippen molar-refractivity contribution in [3.8, 4) is 11.3 Å². The molecule has 1 fully saturated rings. The number of nitrogens with one attached hydrogen (secondary N) is 2. The van der Waals surface area contributed by atoms with E-state index in [0.717, 1.165) is 23.2 Å². The van der Waals surface area contributed by atoms with E-state index < -0.39 is 22.0 Å². The van der Waals surface area contributed by atoms with Crippen LogP contribution in [-0.4, -0.2) is 35.8 Å². The molecule has 0 amide bonds. The molecule has 2 aromatic heterocycles. The topological polar surface area (TPSA) is 125 Å². The smallest absolute Gasteiger partial charge is 0.335 e. The number of carbonyl (C=O) groups is 1. The average Bonchev–Trinajstić information content (AvgIpc) is 3.49. The highest BCUT2D eigenvalue weighted by Gasteiger charge is 2.42. The summed E-state index contributed by atoms with van der Waals surface area (Å²) in [5, 5.41) is 13.0. The van der Waals surface area contributed by atoms with Gasteiger partial charge in [0.15, 0.2) is 5.11 Å². The molecule has 0 saturated carbocycles. The maximum Gasteiger partial charge on any atom is 0.335 e. The van der Waals surface area contributed by atoms with Crippen LogP contribution in [0.2, 0.25) is 0 Å². The maximum atomic E-state index is 11.6. The number of aromatic carboxylic acids is 1. The van der Waals surface area contributed by atoms with Gasteiger partial charge in [-0.15, -0.1) is 0 Å². The van der Waals surface area contributed by atoms with Crippen LogP contribution in [0.5, 0.6) is 0 Å². The third kappa shape index (κ3) is 5.18. The van der Waals surface area contributed by atoms with Gasteiger partial charge in [0.05, 0.1) is 23.6 Å². The molecule has 1 aliphatic heterocycles. The Kier molecular flexibility index (Phi) is 6.40. The van der Waals surface area contributed by atoms with Gasteiger partial charge in [-0.1, -0.05) is 18.2 Å². The molecule has 1 saturated heterocycles. The van der Waals surface area contributed by atoms with Crippen LogP contribution < -0.4 is 14.9 Å². The molecule has 0 spiro atoms. The van der Waals surface area contributed by atoms with Crippen molar-refractivity contribution in [1.82, 2.24) is 10.3 Å². The first-order valence-corrected chi connectivity index (χ1v) is 13.5. The van der Waals surface area contributed by atoms with Crippen molar-refractivity contribution in [3.05, 3.63) is 102 Å². The van der Waals surface area contributed by atoms with E-state index in [4.69, 9.17) is 16.6 Å². The summed E-state index contributed by atoms with van der Waals surface area (Å²) in [4.78, 5) is 17.6. The number of anilines is 2. The van der Waals surface area contributed by atoms with Crippen LogP contribution in [0.25, 0.3) is 11.3 Å². The Hall–Kier alpha value is -4.22. The van der Waals surface area contributed by atoms with Crippen LogP contribution in [0.4, 0.5) is 11.4 Å². The lowest BCUT2D eigenvalue weighted by atomic mass is 10.0. The molecular weight excluding hydrogens is 512 g/mol. The normalized spacial score (nSPS) is 17.4. The van der Waals surface area contributed by atoms with E-state index >= 15 is 0 Å². The van der Waals surface area contributed by atoms with Crippen molar-refractivity contribution >= 4 is 44.7 Å². The summed E-state index contributed by atoms with van der Waals surface area (Å²) in [7, 11) is -3.41. The number of nitrogens with zero attached hydrogens (tertiary/aromatic N) is 2. The minimum absolute atomic E-state index is 0.191. The molecule has 0 unspecified atom stereocenters. The van der Waals surface area contributed by atoms with Gasteiger partial charge < -0.3 is 19.7 Å². The third-order valence-corrected chi connectivity index (χ3v) is 6.80. The van der Waals surface area contributed by atoms with Crippen LogP contribution in [0, 0.1) is 0 Å². The van der Waals surface area contributed by atoms with E-state index in [-0.39, 0.29) is 11.6 Å². The SMILES string of the molecule is CS(=O)(=O)Nc1ccc(N2C(=S)N[C@H](c3ccccn3)[C@@H]2c2ccc(-c3ccc(C(=O)O)cc3)o2)cc1. The van der Waals surface area contributed by atoms with E-state index in [2.05, 4.69) is 15.0 Å². The number of thiocarbonyl (C=S) groups is 1. The first kappa shape index (κ1) is 24.5. The van der Waals surface area contributed by atoms with Gasteiger partial charge in [0.1, 0.15) is 17.6 Å². The predicted molar refractivity (Wildman–Crippen MR) is 144 cm³/mol. The molecule has 5 rings (SSSR count). The van der Waals surface area contributed by atoms with Gasteiger partial charge in [0.25, 0.3) is 0 Å². The number of hydrogen-bond donors (Lipinski definition) is 3. The second-order valence-electron chi connectivity index (χ2n) is 8.50. The molecule has 1 aliphatic rings. The molecule has 3 heterocycles. The number of rotatable bonds is 7. The molecule has 0 bridgehead atoms. The molecular formula is C26H22N4O5S2. The lowest BCUT2D eigenvalue weighted by Crippen LogP contribution is -2.29. The fourth-order valence-corrected chi connectivity index (χ4v) is 5.18. The van der Waals surface area contributed by atoms with Gasteiger partial charge in [0.2, 0.25) is 10.0 Å². The Labute approximate surface area is 218 Å². The minimum atomic E-state index is -3.41. The van der Waals surface area contributed by atoms with Crippen LogP contribution >= 0.6 is 12.2 Å². The number of pyridine rings is 1. The second kappa shape index (κ2) is 9.68. The lowest BCUT2D eigenvalue weighted by molar-refractivity contribution is 0.0697. The highest BCUT2D eigenvalue weighted by molar-refractivity contribution is 7.92. The van der Waals surface area contributed by atoms with Crippen LogP contribution in [-0.2, 0) is 10.0 Å². The van der Waals surface area contributed by atoms with E-state index in [1.165, 1.54) is 12.1 Å². The first-order chi connectivity index (χ1) is 17.7. The molecule has 2 atom stereocenters. The summed E-state index contributed by atoms with van der Waals surface area (Å²) in [6, 6.07) is 22.0. The Morgan fingerprint density at radius 1 is 1.05 bits per heavy atom. The zero-order valence-corrected chi connectivity index (χ0v) is 21.2. The standard InChI is InChI=1S/C26H22N4O5S2/c1-37(33,34)29-18-9-11-19(12-10-18)30-24(23(28-26(30)36)20-4-2-3-15-27-20)22-14-13-21(35-22)16-5-7-17(8-6-16)25(31)32/h2-15,23-24,29H,1H3,(H,28,36)(H,31,32)/t23-,24+/m1/s1. The van der Waals surface area contributed by atoms with Gasteiger partial charge >= 0.3 is 5.97 Å². The van der Waals surface area contributed by atoms with Crippen LogP contribution in [0.15, 0.2) is 89.5 Å². The molecule has 11 heteroatoms. The molecule has 188 valence electrons. The predicted octanol–water partition coefficient (Wildman–Crippen LogP) is 4.59. The van der Waals surface area contributed by atoms with E-state index in [1.54, 1.807) is 42.6 Å². The summed E-state index contributed by atoms with van der Waals surface area (Å²) < 4.78 is 31.9. The molecule has 0 aliphatic carbocycles. The Morgan fingerprint density at radius 2 is 1.78 bits per heavy atom. The van der Waals surface area contributed by atoms with Crippen molar-refractivity contribution in [3.63, 3.8) is 0 Å². The average molecular weight is 535 g/mol. The van der Waals surface area contributed by atoms with Crippen molar-refractivity contribution in [2.45, 2.75) is 12.1 Å². The number of benzene rings is 2. The third-order valence-electron chi connectivity index (χ3n) is 5.88. The molecule has 4 aromatic rings. The summed E-state index contributed by atoms with van der Waals surface area (Å²) in [5.74, 6) is 0.208. The summed E-state index contributed by atoms with van der Waals surface area (Å²) in [5.41, 5.74) is 2.88. The van der Waals surface area contributed by atoms with E-state index in [0.29, 0.717) is 22.3 Å². The molecule has 37 heavy (non-hydrogen) atoms. The molecule has 0 radical (unpaired) electrons. The number of hydrogen-bond acceptors (Lipinski definition) is 6. The zero-order chi connectivity index (χ0) is 26.2. The summed E-state index contributed by atoms with van der Waals surface area (Å²) in [6.07, 6.45) is 2.81. The first-order valence-electron chi connectivity index (χ1n) is 11.2. The van der Waals surface area contributed by atoms with Gasteiger partial charge in [-0.25, -0.2) is 13.2 Å². The highest BCUT2D eigenvalue weighted by Crippen LogP contribution is 2.43. The van der Waals surface area contributed by atoms with E-state index in [9.17, 15) is 18.3 Å². The largest absolute Gasteiger partial charge is 0.478 e. The number of aromatic nitrogens is 1. The fraction of sp³-hybridized carbons (Fsp3) is 0.115. The van der Waals surface area contributed by atoms with Crippen LogP contribution in [0.1, 0.15) is 33.9 Å². The molecule has 2 aromatic carbocycles. The Balaban J connectivity index is 1.53. The van der Waals surface area contributed by atoms with Crippen molar-refractivity contribution in [2.24, 2.45) is 0 Å². The summed E-state index contributed by atoms with van der Waals surface area (Å²) >= 11 is 5.71. The quantitative estimate of drug-likeness (QED) is 0.292. The van der Waals surface area contributed by atoms with Crippen molar-refractivity contribution < 1.29 is 22.7 Å². The molecule has 3 N–H and O–H groups in total. The number of furan rings is 1. The maximum absolute atomic E-state index is 11.6. The Morgan fingerprint density at radius 3 is 2.41 bits per heavy atom. The number of carboxylic acid groups (broad SMARTS) is 1. The zero-order valence-electron chi connectivity index (χ0n) is 19.5. The van der Waals surface area contributed by atoms with Gasteiger partial charge in [-0.05, 0) is 72.9 Å². The monoisotopic (exact) mass is 534 g/mol. The Bertz CT molecular complexity index is 1550. The van der Waals surface area contributed by atoms with Gasteiger partial charge in [-0.2, -0.15) is 0 Å². The summed E-state index contributed by atoms with van der Waals surface area (Å²) in [6.45, 7) is 0. The van der Waals surface area contributed by atoms with Crippen molar-refractivity contribution in [1.29, 1.82) is 0 Å². The van der Waals surface area contributed by atoms with Gasteiger partial charge in [0, 0.05) is 23.1 Å². The number of carboxylic acids is 1. The van der Waals surface area contributed by atoms with Crippen molar-refractivity contribution in [2.75, 3.05) is 15.9 Å². The lowest BCUT2D eigenvalue weighted by Gasteiger charge is -2.26.